The number of nitrogens with one attached hydrogen (secondary N) is 2. The number of ether oxygens (including phenoxy) is 3. The second-order valence-electron chi connectivity index (χ2n) is 3.82. The predicted molar refractivity (Wildman–Crippen MR) is 76.6 cm³/mol. The summed E-state index contributed by atoms with van der Waals surface area (Å²) in [5.74, 6) is 1.92. The molecule has 0 atom stereocenters. The van der Waals surface area contributed by atoms with Crippen molar-refractivity contribution in [1.29, 1.82) is 0 Å². The van der Waals surface area contributed by atoms with Crippen molar-refractivity contribution in [2.75, 3.05) is 33.9 Å². The number of rotatable bonds is 8. The van der Waals surface area contributed by atoms with Gasteiger partial charge in [-0.2, -0.15) is 0 Å². The van der Waals surface area contributed by atoms with Crippen LogP contribution in [0.15, 0.2) is 30.9 Å². The normalized spacial score (nSPS) is 9.50. The van der Waals surface area contributed by atoms with E-state index >= 15 is 0 Å². The molecular weight excluding hydrogens is 260 g/mol. The van der Waals surface area contributed by atoms with Gasteiger partial charge >= 0.3 is 6.03 Å². The summed E-state index contributed by atoms with van der Waals surface area (Å²) in [7, 11) is 3.15. The molecule has 0 bridgehead atoms. The summed E-state index contributed by atoms with van der Waals surface area (Å²) in [6, 6.07) is 5.01. The predicted octanol–water partition coefficient (Wildman–Crippen LogP) is 1.57. The molecule has 110 valence electrons. The van der Waals surface area contributed by atoms with Crippen LogP contribution >= 0.6 is 0 Å². The molecule has 0 aliphatic heterocycles. The number of carbonyl (C=O) groups excluding carboxylic acids is 1. The Labute approximate surface area is 118 Å². The lowest BCUT2D eigenvalue weighted by molar-refractivity contribution is 0.237. The first-order valence-electron chi connectivity index (χ1n) is 6.18. The quantitative estimate of drug-likeness (QED) is 0.560. The van der Waals surface area contributed by atoms with Gasteiger partial charge in [0.1, 0.15) is 23.9 Å². The molecule has 0 unspecified atom stereocenters. The highest BCUT2D eigenvalue weighted by atomic mass is 16.5. The van der Waals surface area contributed by atoms with Crippen molar-refractivity contribution in [3.63, 3.8) is 0 Å². The van der Waals surface area contributed by atoms with Gasteiger partial charge in [-0.05, 0) is 0 Å². The standard InChI is InChI=1S/C14H20N2O4/c1-4-5-15-14(17)16-6-7-20-13-9-11(18-2)8-12(10-13)19-3/h4,8-10H,1,5-7H2,2-3H3,(H2,15,16,17). The molecule has 1 aromatic rings. The lowest BCUT2D eigenvalue weighted by Crippen LogP contribution is -2.37. The van der Waals surface area contributed by atoms with Crippen LogP contribution in [-0.2, 0) is 0 Å². The number of carbonyl (C=O) groups is 1. The maximum Gasteiger partial charge on any atom is 0.315 e. The highest BCUT2D eigenvalue weighted by Gasteiger charge is 2.03. The average Bonchev–Trinajstić information content (AvgIpc) is 2.49. The number of hydrogen-bond donors (Lipinski definition) is 2. The van der Waals surface area contributed by atoms with Crippen molar-refractivity contribution >= 4 is 6.03 Å². The fraction of sp³-hybridized carbons (Fsp3) is 0.357. The third kappa shape index (κ3) is 5.51. The Morgan fingerprint density at radius 3 is 2.30 bits per heavy atom. The summed E-state index contributed by atoms with van der Waals surface area (Å²) in [5.41, 5.74) is 0. The Hall–Kier alpha value is -2.37. The van der Waals surface area contributed by atoms with Crippen LogP contribution in [-0.4, -0.2) is 39.9 Å². The number of hydrogen-bond acceptors (Lipinski definition) is 4. The van der Waals surface area contributed by atoms with Crippen molar-refractivity contribution in [1.82, 2.24) is 10.6 Å². The van der Waals surface area contributed by atoms with Crippen molar-refractivity contribution in [3.8, 4) is 17.2 Å². The largest absolute Gasteiger partial charge is 0.496 e. The van der Waals surface area contributed by atoms with Gasteiger partial charge in [0, 0.05) is 24.7 Å². The van der Waals surface area contributed by atoms with Crippen LogP contribution in [0, 0.1) is 0 Å². The lowest BCUT2D eigenvalue weighted by atomic mass is 10.3. The van der Waals surface area contributed by atoms with Crippen molar-refractivity contribution < 1.29 is 19.0 Å². The number of methoxy groups -OCH3 is 2. The zero-order valence-electron chi connectivity index (χ0n) is 11.8. The summed E-state index contributed by atoms with van der Waals surface area (Å²) < 4.78 is 15.8. The third-order valence-electron chi connectivity index (χ3n) is 2.39. The van der Waals surface area contributed by atoms with Gasteiger partial charge in [0.05, 0.1) is 20.8 Å². The third-order valence-corrected chi connectivity index (χ3v) is 2.39. The van der Waals surface area contributed by atoms with Gasteiger partial charge in [-0.3, -0.25) is 0 Å². The second kappa shape index (κ2) is 8.68. The zero-order chi connectivity index (χ0) is 14.8. The van der Waals surface area contributed by atoms with Gasteiger partial charge in [0.2, 0.25) is 0 Å². The Kier molecular flexibility index (Phi) is 6.81. The SMILES string of the molecule is C=CCNC(=O)NCCOc1cc(OC)cc(OC)c1. The molecule has 0 heterocycles. The van der Waals surface area contributed by atoms with Crippen molar-refractivity contribution in [2.45, 2.75) is 0 Å². The maximum absolute atomic E-state index is 11.2. The van der Waals surface area contributed by atoms with E-state index in [1.54, 1.807) is 38.5 Å². The molecular formula is C14H20N2O4. The van der Waals surface area contributed by atoms with Gasteiger partial charge in [0.15, 0.2) is 0 Å². The Balaban J connectivity index is 2.38. The van der Waals surface area contributed by atoms with E-state index in [4.69, 9.17) is 14.2 Å². The molecule has 1 rings (SSSR count). The number of amides is 2. The van der Waals surface area contributed by atoms with Crippen molar-refractivity contribution in [2.24, 2.45) is 0 Å². The minimum Gasteiger partial charge on any atom is -0.496 e. The molecule has 0 radical (unpaired) electrons. The van der Waals surface area contributed by atoms with E-state index in [9.17, 15) is 4.79 Å². The molecule has 2 amide bonds. The van der Waals surface area contributed by atoms with E-state index < -0.39 is 0 Å². The molecule has 6 heteroatoms. The summed E-state index contributed by atoms with van der Waals surface area (Å²) in [5, 5.41) is 5.26. The molecule has 0 aliphatic carbocycles. The second-order valence-corrected chi connectivity index (χ2v) is 3.82. The van der Waals surface area contributed by atoms with E-state index in [-0.39, 0.29) is 6.03 Å². The highest BCUT2D eigenvalue weighted by Crippen LogP contribution is 2.27. The zero-order valence-corrected chi connectivity index (χ0v) is 11.8. The Morgan fingerprint density at radius 1 is 1.15 bits per heavy atom. The fourth-order valence-corrected chi connectivity index (χ4v) is 1.43. The van der Waals surface area contributed by atoms with Crippen LogP contribution in [0.3, 0.4) is 0 Å². The monoisotopic (exact) mass is 280 g/mol. The molecule has 20 heavy (non-hydrogen) atoms. The van der Waals surface area contributed by atoms with Gasteiger partial charge < -0.3 is 24.8 Å². The summed E-state index contributed by atoms with van der Waals surface area (Å²) >= 11 is 0. The van der Waals surface area contributed by atoms with Gasteiger partial charge in [-0.1, -0.05) is 6.08 Å². The molecule has 0 fully saturated rings. The Morgan fingerprint density at radius 2 is 1.75 bits per heavy atom. The van der Waals surface area contributed by atoms with Gasteiger partial charge in [-0.25, -0.2) is 4.79 Å². The molecule has 1 aromatic carbocycles. The molecule has 0 aliphatic rings. The summed E-state index contributed by atoms with van der Waals surface area (Å²) in [6.45, 7) is 4.68. The van der Waals surface area contributed by atoms with Gasteiger partial charge in [-0.15, -0.1) is 6.58 Å². The molecule has 0 saturated carbocycles. The smallest absolute Gasteiger partial charge is 0.315 e. The first kappa shape index (κ1) is 15.7. The van der Waals surface area contributed by atoms with Crippen LogP contribution in [0.5, 0.6) is 17.2 Å². The van der Waals surface area contributed by atoms with E-state index in [0.717, 1.165) is 0 Å². The highest BCUT2D eigenvalue weighted by molar-refractivity contribution is 5.73. The van der Waals surface area contributed by atoms with Crippen molar-refractivity contribution in [3.05, 3.63) is 30.9 Å². The van der Waals surface area contributed by atoms with E-state index in [1.165, 1.54) is 0 Å². The molecule has 6 nitrogen and oxygen atoms in total. The van der Waals surface area contributed by atoms with E-state index in [1.807, 2.05) is 0 Å². The first-order valence-corrected chi connectivity index (χ1v) is 6.18. The average molecular weight is 280 g/mol. The van der Waals surface area contributed by atoms with E-state index in [2.05, 4.69) is 17.2 Å². The minimum absolute atomic E-state index is 0.253. The maximum atomic E-state index is 11.2. The van der Waals surface area contributed by atoms with Crippen LogP contribution in [0.2, 0.25) is 0 Å². The van der Waals surface area contributed by atoms with Gasteiger partial charge in [0.25, 0.3) is 0 Å². The van der Waals surface area contributed by atoms with Crippen LogP contribution in [0.4, 0.5) is 4.79 Å². The minimum atomic E-state index is -0.253. The van der Waals surface area contributed by atoms with Crippen LogP contribution in [0.25, 0.3) is 0 Å². The van der Waals surface area contributed by atoms with E-state index in [0.29, 0.717) is 36.9 Å². The molecule has 0 aromatic heterocycles. The molecule has 0 saturated heterocycles. The van der Waals surface area contributed by atoms with Crippen LogP contribution < -0.4 is 24.8 Å². The number of benzene rings is 1. The lowest BCUT2D eigenvalue weighted by Gasteiger charge is -2.11. The summed E-state index contributed by atoms with van der Waals surface area (Å²) in [4.78, 5) is 11.2. The number of urea groups is 1. The topological polar surface area (TPSA) is 68.8 Å². The van der Waals surface area contributed by atoms with Crippen LogP contribution in [0.1, 0.15) is 0 Å². The molecule has 0 spiro atoms. The fourth-order valence-electron chi connectivity index (χ4n) is 1.43. The summed E-state index contributed by atoms with van der Waals surface area (Å²) in [6.07, 6.45) is 1.61. The Bertz CT molecular complexity index is 427. The first-order chi connectivity index (χ1) is 9.69. The molecule has 2 N–H and O–H groups in total.